The highest BCUT2D eigenvalue weighted by Crippen LogP contribution is 2.27. The average Bonchev–Trinajstić information content (AvgIpc) is 2.54. The van der Waals surface area contributed by atoms with Crippen molar-refractivity contribution in [3.63, 3.8) is 0 Å². The number of nitrogens with zero attached hydrogens (tertiary/aromatic N) is 2. The van der Waals surface area contributed by atoms with Gasteiger partial charge in [-0.2, -0.15) is 5.26 Å². The number of anilines is 1. The number of aromatic nitrogens is 1. The van der Waals surface area contributed by atoms with Gasteiger partial charge in [-0.25, -0.2) is 4.98 Å². The van der Waals surface area contributed by atoms with Crippen molar-refractivity contribution < 1.29 is 0 Å². The predicted octanol–water partition coefficient (Wildman–Crippen LogP) is 4.48. The molecule has 3 nitrogen and oxygen atoms in total. The molecule has 21 heavy (non-hydrogen) atoms. The van der Waals surface area contributed by atoms with Crippen molar-refractivity contribution >= 4 is 32.5 Å². The molecule has 0 saturated heterocycles. The summed E-state index contributed by atoms with van der Waals surface area (Å²) in [6.45, 7) is 0.671. The first kappa shape index (κ1) is 13.6. The van der Waals surface area contributed by atoms with Gasteiger partial charge < -0.3 is 5.32 Å². The number of halogens is 1. The molecule has 1 heterocycles. The average molecular weight is 338 g/mol. The number of nitrogens with one attached hydrogen (secondary N) is 1. The first-order valence-electron chi connectivity index (χ1n) is 6.54. The molecule has 0 aliphatic carbocycles. The summed E-state index contributed by atoms with van der Waals surface area (Å²) in [5.74, 6) is 0.859. The molecular formula is C17H12BrN3. The van der Waals surface area contributed by atoms with Gasteiger partial charge in [0.15, 0.2) is 0 Å². The Balaban J connectivity index is 1.85. The summed E-state index contributed by atoms with van der Waals surface area (Å²) < 4.78 is 1.06. The van der Waals surface area contributed by atoms with E-state index >= 15 is 0 Å². The van der Waals surface area contributed by atoms with Crippen LogP contribution in [0.5, 0.6) is 0 Å². The molecule has 0 atom stereocenters. The maximum Gasteiger partial charge on any atom is 0.134 e. The van der Waals surface area contributed by atoms with Crippen molar-refractivity contribution in [2.24, 2.45) is 0 Å². The highest BCUT2D eigenvalue weighted by atomic mass is 79.9. The van der Waals surface area contributed by atoms with Gasteiger partial charge in [0, 0.05) is 28.0 Å². The molecule has 0 unspecified atom stereocenters. The van der Waals surface area contributed by atoms with E-state index in [-0.39, 0.29) is 0 Å². The van der Waals surface area contributed by atoms with Gasteiger partial charge in [-0.1, -0.05) is 40.2 Å². The number of rotatable bonds is 3. The standard InChI is InChI=1S/C17H12BrN3/c18-16-3-1-2-15-14(16)8-9-20-17(15)21-11-13-6-4-12(10-19)5-7-13/h1-9H,11H2,(H,20,21). The van der Waals surface area contributed by atoms with E-state index in [1.54, 1.807) is 6.20 Å². The summed E-state index contributed by atoms with van der Waals surface area (Å²) >= 11 is 3.56. The molecule has 3 rings (SSSR count). The fraction of sp³-hybridized carbons (Fsp3) is 0.0588. The molecule has 3 aromatic rings. The first-order valence-corrected chi connectivity index (χ1v) is 7.33. The number of benzene rings is 2. The maximum atomic E-state index is 8.80. The molecule has 1 N–H and O–H groups in total. The normalized spacial score (nSPS) is 10.3. The van der Waals surface area contributed by atoms with E-state index in [9.17, 15) is 0 Å². The van der Waals surface area contributed by atoms with Gasteiger partial charge >= 0.3 is 0 Å². The van der Waals surface area contributed by atoms with Crippen LogP contribution in [0.1, 0.15) is 11.1 Å². The molecule has 1 aromatic heterocycles. The van der Waals surface area contributed by atoms with E-state index in [1.165, 1.54) is 0 Å². The number of fused-ring (bicyclic) bond motifs is 1. The SMILES string of the molecule is N#Cc1ccc(CNc2nccc3c(Br)cccc23)cc1. The van der Waals surface area contributed by atoms with E-state index in [0.29, 0.717) is 12.1 Å². The third kappa shape index (κ3) is 2.88. The minimum Gasteiger partial charge on any atom is -0.365 e. The van der Waals surface area contributed by atoms with E-state index in [4.69, 9.17) is 5.26 Å². The Hall–Kier alpha value is -2.38. The van der Waals surface area contributed by atoms with Crippen LogP contribution in [0.2, 0.25) is 0 Å². The maximum absolute atomic E-state index is 8.80. The molecule has 0 aliphatic heterocycles. The third-order valence-corrected chi connectivity index (χ3v) is 3.99. The molecule has 4 heteroatoms. The fourth-order valence-electron chi connectivity index (χ4n) is 2.19. The highest BCUT2D eigenvalue weighted by Gasteiger charge is 2.04. The highest BCUT2D eigenvalue weighted by molar-refractivity contribution is 9.10. The van der Waals surface area contributed by atoms with Crippen molar-refractivity contribution in [2.45, 2.75) is 6.54 Å². The lowest BCUT2D eigenvalue weighted by atomic mass is 10.1. The molecule has 102 valence electrons. The Morgan fingerprint density at radius 1 is 1.05 bits per heavy atom. The molecule has 0 amide bonds. The first-order chi connectivity index (χ1) is 10.3. The van der Waals surface area contributed by atoms with Gasteiger partial charge in [0.05, 0.1) is 11.6 Å². The second kappa shape index (κ2) is 5.94. The molecule has 0 aliphatic rings. The van der Waals surface area contributed by atoms with Crippen molar-refractivity contribution in [3.05, 3.63) is 70.3 Å². The number of pyridine rings is 1. The summed E-state index contributed by atoms with van der Waals surface area (Å²) in [4.78, 5) is 4.41. The van der Waals surface area contributed by atoms with Crippen molar-refractivity contribution in [2.75, 3.05) is 5.32 Å². The van der Waals surface area contributed by atoms with Crippen molar-refractivity contribution in [3.8, 4) is 6.07 Å². The summed E-state index contributed by atoms with van der Waals surface area (Å²) in [5.41, 5.74) is 1.79. The number of hydrogen-bond donors (Lipinski definition) is 1. The van der Waals surface area contributed by atoms with Gasteiger partial charge in [0.1, 0.15) is 5.82 Å². The van der Waals surface area contributed by atoms with Crippen LogP contribution in [0.3, 0.4) is 0 Å². The summed E-state index contributed by atoms with van der Waals surface area (Å²) in [7, 11) is 0. The van der Waals surface area contributed by atoms with Crippen molar-refractivity contribution in [1.82, 2.24) is 4.98 Å². The lowest BCUT2D eigenvalue weighted by Crippen LogP contribution is -2.01. The Kier molecular flexibility index (Phi) is 3.85. The second-order valence-corrected chi connectivity index (χ2v) is 5.51. The molecule has 0 bridgehead atoms. The lowest BCUT2D eigenvalue weighted by Gasteiger charge is -2.09. The molecule has 0 saturated carbocycles. The molecule has 0 spiro atoms. The third-order valence-electron chi connectivity index (χ3n) is 3.30. The predicted molar refractivity (Wildman–Crippen MR) is 87.9 cm³/mol. The van der Waals surface area contributed by atoms with Gasteiger partial charge in [-0.15, -0.1) is 0 Å². The van der Waals surface area contributed by atoms with E-state index in [1.807, 2.05) is 48.5 Å². The van der Waals surface area contributed by atoms with E-state index < -0.39 is 0 Å². The zero-order valence-electron chi connectivity index (χ0n) is 11.2. The van der Waals surface area contributed by atoms with Crippen LogP contribution in [-0.2, 0) is 6.54 Å². The zero-order chi connectivity index (χ0) is 14.7. The van der Waals surface area contributed by atoms with Crippen LogP contribution in [0.15, 0.2) is 59.2 Å². The monoisotopic (exact) mass is 337 g/mol. The van der Waals surface area contributed by atoms with Crippen LogP contribution in [0.4, 0.5) is 5.82 Å². The number of hydrogen-bond acceptors (Lipinski definition) is 3. The summed E-state index contributed by atoms with van der Waals surface area (Å²) in [5, 5.41) is 14.4. The van der Waals surface area contributed by atoms with Crippen LogP contribution >= 0.6 is 15.9 Å². The lowest BCUT2D eigenvalue weighted by molar-refractivity contribution is 1.12. The fourth-order valence-corrected chi connectivity index (χ4v) is 2.69. The minimum absolute atomic E-state index is 0.671. The molecular weight excluding hydrogens is 326 g/mol. The van der Waals surface area contributed by atoms with Gasteiger partial charge in [0.25, 0.3) is 0 Å². The Morgan fingerprint density at radius 3 is 2.62 bits per heavy atom. The largest absolute Gasteiger partial charge is 0.365 e. The van der Waals surface area contributed by atoms with Crippen LogP contribution < -0.4 is 5.32 Å². The summed E-state index contributed by atoms with van der Waals surface area (Å²) in [6, 6.07) is 17.7. The topological polar surface area (TPSA) is 48.7 Å². The van der Waals surface area contributed by atoms with Crippen LogP contribution in [0.25, 0.3) is 10.8 Å². The Bertz CT molecular complexity index is 820. The molecule has 0 fully saturated rings. The van der Waals surface area contributed by atoms with Gasteiger partial charge in [-0.3, -0.25) is 0 Å². The summed E-state index contributed by atoms with van der Waals surface area (Å²) in [6.07, 6.45) is 1.80. The van der Waals surface area contributed by atoms with Crippen LogP contribution in [-0.4, -0.2) is 4.98 Å². The van der Waals surface area contributed by atoms with Crippen LogP contribution in [0, 0.1) is 11.3 Å². The molecule has 0 radical (unpaired) electrons. The van der Waals surface area contributed by atoms with Crippen molar-refractivity contribution in [1.29, 1.82) is 5.26 Å². The molecule has 2 aromatic carbocycles. The van der Waals surface area contributed by atoms with Gasteiger partial charge in [-0.05, 0) is 29.8 Å². The van der Waals surface area contributed by atoms with E-state index in [2.05, 4.69) is 32.3 Å². The smallest absolute Gasteiger partial charge is 0.134 e. The Morgan fingerprint density at radius 2 is 1.86 bits per heavy atom. The zero-order valence-corrected chi connectivity index (χ0v) is 12.8. The minimum atomic E-state index is 0.671. The Labute approximate surface area is 131 Å². The quantitative estimate of drug-likeness (QED) is 0.766. The van der Waals surface area contributed by atoms with Gasteiger partial charge in [0.2, 0.25) is 0 Å². The second-order valence-electron chi connectivity index (χ2n) is 4.66. The van der Waals surface area contributed by atoms with E-state index in [0.717, 1.165) is 26.6 Å². The number of nitriles is 1.